The summed E-state index contributed by atoms with van der Waals surface area (Å²) >= 11 is 3.25. The number of benzene rings is 1. The van der Waals surface area contributed by atoms with Gasteiger partial charge in [-0.05, 0) is 74.6 Å². The molecule has 2 aromatic heterocycles. The molecule has 2 atom stereocenters. The largest absolute Gasteiger partial charge is 0.298 e. The second-order valence-corrected chi connectivity index (χ2v) is 11.9. The first kappa shape index (κ1) is 34.3. The number of rotatable bonds is 8. The highest BCUT2D eigenvalue weighted by molar-refractivity contribution is 7.85. The molecule has 0 radical (unpaired) electrons. The van der Waals surface area contributed by atoms with E-state index in [1.165, 1.54) is 21.1 Å². The Kier molecular flexibility index (Phi) is 17.7. The van der Waals surface area contributed by atoms with Crippen LogP contribution in [0.4, 0.5) is 4.39 Å². The molecule has 202 valence electrons. The van der Waals surface area contributed by atoms with Gasteiger partial charge in [-0.3, -0.25) is 4.79 Å². The molecule has 1 aromatic carbocycles. The number of halogens is 1. The third kappa shape index (κ3) is 11.6. The summed E-state index contributed by atoms with van der Waals surface area (Å²) in [4.78, 5) is 15.1. The van der Waals surface area contributed by atoms with Crippen LogP contribution < -0.4 is 4.72 Å². The van der Waals surface area contributed by atoms with Gasteiger partial charge in [-0.15, -0.1) is 22.7 Å². The number of nitrogens with one attached hydrogen (secondary N) is 1. The van der Waals surface area contributed by atoms with Crippen molar-refractivity contribution in [2.75, 3.05) is 0 Å². The van der Waals surface area contributed by atoms with E-state index < -0.39 is 11.0 Å². The first-order valence-electron chi connectivity index (χ1n) is 12.7. The average Bonchev–Trinajstić information content (AvgIpc) is 3.52. The van der Waals surface area contributed by atoms with E-state index in [4.69, 9.17) is 0 Å². The van der Waals surface area contributed by atoms with Gasteiger partial charge in [0.15, 0.2) is 0 Å². The fourth-order valence-electron chi connectivity index (χ4n) is 2.91. The van der Waals surface area contributed by atoms with Gasteiger partial charge in [0.25, 0.3) is 0 Å². The summed E-state index contributed by atoms with van der Waals surface area (Å²) in [6.45, 7) is 19.5. The van der Waals surface area contributed by atoms with E-state index in [1.54, 1.807) is 31.3 Å². The smallest absolute Gasteiger partial charge is 0.147 e. The Morgan fingerprint density at radius 2 is 1.56 bits per heavy atom. The molecule has 2 unspecified atom stereocenters. The van der Waals surface area contributed by atoms with Crippen LogP contribution in [-0.4, -0.2) is 16.0 Å². The van der Waals surface area contributed by atoms with Crippen molar-refractivity contribution in [3.8, 4) is 9.75 Å². The molecule has 2 heterocycles. The zero-order chi connectivity index (χ0) is 27.8. The molecule has 0 aliphatic carbocycles. The molecular formula is C29H44FNO2S3. The van der Waals surface area contributed by atoms with E-state index in [1.807, 2.05) is 58.9 Å². The number of hydrogen-bond acceptors (Lipinski definition) is 4. The summed E-state index contributed by atoms with van der Waals surface area (Å²) in [5.41, 5.74) is 1.78. The highest BCUT2D eigenvalue weighted by atomic mass is 32.2. The fourth-order valence-corrected chi connectivity index (χ4v) is 6.17. The molecule has 0 aliphatic heterocycles. The van der Waals surface area contributed by atoms with E-state index in [2.05, 4.69) is 37.6 Å². The standard InChI is InChI=1S/C15H19NO2S3.C10H13F.2C2H6/c1-4-5-12(11(3)17)16-21(18)15-9-8-14(20-15)13-7-6-10(2)19-13;1-7(2)9-5-4-8(3)10(11)6-9;2*1-2/h6-9,12,16H,4-5H2,1-3H3;4-7H,1-3H3;2*1-2H3. The molecule has 3 rings (SSSR count). The minimum absolute atomic E-state index is 0.0378. The van der Waals surface area contributed by atoms with Gasteiger partial charge in [0.1, 0.15) is 26.8 Å². The van der Waals surface area contributed by atoms with Gasteiger partial charge in [0, 0.05) is 14.6 Å². The van der Waals surface area contributed by atoms with Crippen molar-refractivity contribution >= 4 is 39.4 Å². The van der Waals surface area contributed by atoms with Gasteiger partial charge in [-0.1, -0.05) is 67.0 Å². The van der Waals surface area contributed by atoms with Crippen molar-refractivity contribution in [1.82, 2.24) is 4.72 Å². The predicted octanol–water partition coefficient (Wildman–Crippen LogP) is 9.46. The van der Waals surface area contributed by atoms with Crippen LogP contribution in [0.5, 0.6) is 0 Å². The lowest BCUT2D eigenvalue weighted by Crippen LogP contribution is -2.36. The molecular weight excluding hydrogens is 510 g/mol. The van der Waals surface area contributed by atoms with Crippen molar-refractivity contribution in [3.63, 3.8) is 0 Å². The monoisotopic (exact) mass is 553 g/mol. The second kappa shape index (κ2) is 18.6. The number of carbonyl (C=O) groups excluding carboxylic acids is 1. The van der Waals surface area contributed by atoms with Crippen LogP contribution in [0.1, 0.15) is 90.2 Å². The highest BCUT2D eigenvalue weighted by Gasteiger charge is 2.18. The van der Waals surface area contributed by atoms with Gasteiger partial charge in [0.05, 0.1) is 6.04 Å². The molecule has 0 bridgehead atoms. The van der Waals surface area contributed by atoms with Gasteiger partial charge < -0.3 is 0 Å². The number of carbonyl (C=O) groups is 1. The number of Topliss-reactive ketones (excluding diaryl/α,β-unsaturated/α-hetero) is 1. The van der Waals surface area contributed by atoms with Gasteiger partial charge in [-0.25, -0.2) is 13.3 Å². The van der Waals surface area contributed by atoms with E-state index in [9.17, 15) is 13.4 Å². The van der Waals surface area contributed by atoms with Crippen LogP contribution in [0, 0.1) is 19.7 Å². The van der Waals surface area contributed by atoms with Crippen LogP contribution in [-0.2, 0) is 15.8 Å². The lowest BCUT2D eigenvalue weighted by atomic mass is 10.0. The Hall–Kier alpha value is -1.67. The molecule has 0 aliphatic rings. The van der Waals surface area contributed by atoms with Crippen molar-refractivity contribution in [3.05, 3.63) is 64.3 Å². The molecule has 3 aromatic rings. The molecule has 0 spiro atoms. The van der Waals surface area contributed by atoms with E-state index in [-0.39, 0.29) is 17.6 Å². The lowest BCUT2D eigenvalue weighted by Gasteiger charge is -2.13. The first-order valence-corrected chi connectivity index (χ1v) is 15.5. The average molecular weight is 554 g/mol. The van der Waals surface area contributed by atoms with Crippen molar-refractivity contribution < 1.29 is 13.4 Å². The summed E-state index contributed by atoms with van der Waals surface area (Å²) in [5.74, 6) is 0.345. The molecule has 0 fully saturated rings. The second-order valence-electron chi connectivity index (χ2n) is 8.03. The zero-order valence-electron chi connectivity index (χ0n) is 23.5. The normalized spacial score (nSPS) is 11.8. The Bertz CT molecular complexity index is 1060. The summed E-state index contributed by atoms with van der Waals surface area (Å²) in [7, 11) is -1.33. The Morgan fingerprint density at radius 3 is 2.03 bits per heavy atom. The number of aryl methyl sites for hydroxylation is 2. The Balaban J connectivity index is 0.000000688. The number of thiophene rings is 2. The molecule has 36 heavy (non-hydrogen) atoms. The Morgan fingerprint density at radius 1 is 0.972 bits per heavy atom. The van der Waals surface area contributed by atoms with Gasteiger partial charge >= 0.3 is 0 Å². The molecule has 3 nitrogen and oxygen atoms in total. The first-order chi connectivity index (χ1) is 17.1. The van der Waals surface area contributed by atoms with E-state index in [0.717, 1.165) is 26.6 Å². The number of hydrogen-bond donors (Lipinski definition) is 1. The molecule has 0 saturated heterocycles. The third-order valence-electron chi connectivity index (χ3n) is 4.93. The van der Waals surface area contributed by atoms with Crippen LogP contribution in [0.2, 0.25) is 0 Å². The minimum atomic E-state index is -1.33. The maximum Gasteiger partial charge on any atom is 0.147 e. The van der Waals surface area contributed by atoms with Crippen LogP contribution >= 0.6 is 22.7 Å². The minimum Gasteiger partial charge on any atom is -0.298 e. The quantitative estimate of drug-likeness (QED) is 0.302. The van der Waals surface area contributed by atoms with Crippen molar-refractivity contribution in [2.24, 2.45) is 0 Å². The molecule has 1 N–H and O–H groups in total. The summed E-state index contributed by atoms with van der Waals surface area (Å²) in [6, 6.07) is 13.1. The summed E-state index contributed by atoms with van der Waals surface area (Å²) in [5, 5.41) is 0. The van der Waals surface area contributed by atoms with Crippen molar-refractivity contribution in [2.45, 2.75) is 98.2 Å². The zero-order valence-corrected chi connectivity index (χ0v) is 26.0. The lowest BCUT2D eigenvalue weighted by molar-refractivity contribution is -0.118. The third-order valence-corrected chi connectivity index (χ3v) is 8.71. The van der Waals surface area contributed by atoms with Crippen LogP contribution in [0.25, 0.3) is 9.75 Å². The van der Waals surface area contributed by atoms with Gasteiger partial charge in [0.2, 0.25) is 0 Å². The summed E-state index contributed by atoms with van der Waals surface area (Å²) in [6.07, 6.45) is 1.60. The fraction of sp³-hybridized carbons (Fsp3) is 0.483. The Labute approximate surface area is 229 Å². The van der Waals surface area contributed by atoms with Crippen LogP contribution in [0.15, 0.2) is 46.7 Å². The highest BCUT2D eigenvalue weighted by Crippen LogP contribution is 2.34. The molecule has 0 saturated carbocycles. The predicted molar refractivity (Wildman–Crippen MR) is 159 cm³/mol. The molecule has 7 heteroatoms. The SMILES string of the molecule is CC.CC.CCCC(NS(=O)c1ccc(-c2ccc(C)s2)s1)C(C)=O.Cc1ccc(C(C)C)cc1F. The van der Waals surface area contributed by atoms with E-state index >= 15 is 0 Å². The maximum atomic E-state index is 12.9. The van der Waals surface area contributed by atoms with E-state index in [0.29, 0.717) is 12.3 Å². The van der Waals surface area contributed by atoms with Gasteiger partial charge in [-0.2, -0.15) is 0 Å². The topological polar surface area (TPSA) is 46.2 Å². The van der Waals surface area contributed by atoms with Crippen molar-refractivity contribution in [1.29, 1.82) is 0 Å². The summed E-state index contributed by atoms with van der Waals surface area (Å²) < 4.78 is 29.0. The maximum absolute atomic E-state index is 12.9. The molecule has 0 amide bonds. The number of ketones is 1. The van der Waals surface area contributed by atoms with Crippen LogP contribution in [0.3, 0.4) is 0 Å².